The van der Waals surface area contributed by atoms with Gasteiger partial charge >= 0.3 is 0 Å². The largest absolute Gasteiger partial charge is 0.508 e. The molecule has 0 aliphatic heterocycles. The van der Waals surface area contributed by atoms with Gasteiger partial charge in [-0.05, 0) is 55.8 Å². The van der Waals surface area contributed by atoms with Crippen molar-refractivity contribution >= 4 is 6.72 Å². The van der Waals surface area contributed by atoms with E-state index >= 15 is 0 Å². The Morgan fingerprint density at radius 3 is 2.29 bits per heavy atom. The Labute approximate surface area is 86.3 Å². The van der Waals surface area contributed by atoms with Gasteiger partial charge in [-0.15, -0.1) is 0 Å². The van der Waals surface area contributed by atoms with Crippen LogP contribution >= 0.6 is 0 Å². The first-order valence-corrected chi connectivity index (χ1v) is 4.70. The molecule has 1 aromatic rings. The summed E-state index contributed by atoms with van der Waals surface area (Å²) in [7, 11) is 1.64. The van der Waals surface area contributed by atoms with Gasteiger partial charge in [0.1, 0.15) is 5.75 Å². The minimum absolute atomic E-state index is 0.380. The van der Waals surface area contributed by atoms with Crippen LogP contribution in [0.1, 0.15) is 23.6 Å². The average molecular weight is 193 g/mol. The molecule has 1 aromatic carbocycles. The fourth-order valence-corrected chi connectivity index (χ4v) is 1.28. The van der Waals surface area contributed by atoms with Crippen LogP contribution in [0.2, 0.25) is 0 Å². The summed E-state index contributed by atoms with van der Waals surface area (Å²) in [4.78, 5) is 3.25. The van der Waals surface area contributed by atoms with Crippen molar-refractivity contribution in [3.63, 3.8) is 0 Å². The number of hydrogen-bond donors (Lipinski definition) is 1. The summed E-state index contributed by atoms with van der Waals surface area (Å²) in [6.07, 6.45) is 0.987. The monoisotopic (exact) mass is 193 g/mol. The van der Waals surface area contributed by atoms with Gasteiger partial charge in [0.25, 0.3) is 0 Å². The summed E-state index contributed by atoms with van der Waals surface area (Å²) >= 11 is 0. The van der Waals surface area contributed by atoms with E-state index in [0.717, 1.165) is 6.42 Å². The zero-order valence-electron chi connectivity index (χ0n) is 9.46. The highest BCUT2D eigenvalue weighted by molar-refractivity contribution is 5.40. The molecule has 0 saturated carbocycles. The number of aryl methyl sites for hydroxylation is 2. The topological polar surface area (TPSA) is 32.6 Å². The molecule has 2 heteroatoms. The Hall–Kier alpha value is -1.31. The molecule has 0 unspecified atom stereocenters. The molecule has 0 bridgehead atoms. The van der Waals surface area contributed by atoms with Crippen LogP contribution in [0.4, 0.5) is 0 Å². The van der Waals surface area contributed by atoms with Crippen molar-refractivity contribution in [1.82, 2.24) is 0 Å². The fourth-order valence-electron chi connectivity index (χ4n) is 1.28. The van der Waals surface area contributed by atoms with Gasteiger partial charge in [-0.2, -0.15) is 0 Å². The normalized spacial score (nSPS) is 8.86. The summed E-state index contributed by atoms with van der Waals surface area (Å²) in [5.41, 5.74) is 3.70. The molecule has 0 saturated heterocycles. The molecular weight excluding hydrogens is 174 g/mol. The second-order valence-corrected chi connectivity index (χ2v) is 3.22. The fraction of sp³-hybridized carbons (Fsp3) is 0.417. The Balaban J connectivity index is 0.000000500. The molecule has 1 rings (SSSR count). The molecule has 0 aromatic heterocycles. The third-order valence-electron chi connectivity index (χ3n) is 2.14. The van der Waals surface area contributed by atoms with Crippen LogP contribution in [0.25, 0.3) is 0 Å². The molecule has 2 nitrogen and oxygen atoms in total. The smallest absolute Gasteiger partial charge is 0.116 e. The predicted octanol–water partition coefficient (Wildman–Crippen LogP) is 2.89. The highest BCUT2D eigenvalue weighted by Gasteiger charge is 2.00. The molecule has 0 aliphatic carbocycles. The lowest BCUT2D eigenvalue weighted by Crippen LogP contribution is -1.89. The molecule has 0 heterocycles. The summed E-state index contributed by atoms with van der Waals surface area (Å²) in [5, 5.41) is 9.25. The van der Waals surface area contributed by atoms with Gasteiger partial charge in [0.05, 0.1) is 0 Å². The number of hydrogen-bond acceptors (Lipinski definition) is 2. The first-order valence-electron chi connectivity index (χ1n) is 4.70. The Kier molecular flexibility index (Phi) is 5.61. The third kappa shape index (κ3) is 3.60. The number of aliphatic imine (C=N–C) groups is 1. The first kappa shape index (κ1) is 12.7. The number of phenolic OH excluding ortho intramolecular Hbond substituents is 1. The standard InChI is InChI=1S/C10H14O.C2H5N/c1-4-9-6-10(11)5-7(2)8(9)3;1-3-2/h5-6,11H,4H2,1-3H3;1H2,2H3. The summed E-state index contributed by atoms with van der Waals surface area (Å²) in [6, 6.07) is 3.64. The van der Waals surface area contributed by atoms with Gasteiger partial charge in [-0.3, -0.25) is 0 Å². The van der Waals surface area contributed by atoms with Gasteiger partial charge in [0.15, 0.2) is 0 Å². The number of nitrogens with zero attached hydrogens (tertiary/aromatic N) is 1. The molecular formula is C12H19NO. The lowest BCUT2D eigenvalue weighted by Gasteiger charge is -2.06. The van der Waals surface area contributed by atoms with Crippen molar-refractivity contribution in [3.05, 3.63) is 28.8 Å². The van der Waals surface area contributed by atoms with Crippen LogP contribution < -0.4 is 0 Å². The summed E-state index contributed by atoms with van der Waals surface area (Å²) < 4.78 is 0. The van der Waals surface area contributed by atoms with E-state index < -0.39 is 0 Å². The minimum Gasteiger partial charge on any atom is -0.508 e. The molecule has 0 radical (unpaired) electrons. The Bertz CT molecular complexity index is 305. The minimum atomic E-state index is 0.380. The van der Waals surface area contributed by atoms with E-state index in [4.69, 9.17) is 0 Å². The van der Waals surface area contributed by atoms with E-state index in [2.05, 4.69) is 25.6 Å². The van der Waals surface area contributed by atoms with Gasteiger partial charge in [0, 0.05) is 7.05 Å². The highest BCUT2D eigenvalue weighted by atomic mass is 16.3. The second kappa shape index (κ2) is 6.19. The van der Waals surface area contributed by atoms with Crippen molar-refractivity contribution in [3.8, 4) is 5.75 Å². The third-order valence-corrected chi connectivity index (χ3v) is 2.14. The number of aromatic hydroxyl groups is 1. The molecule has 1 N–H and O–H groups in total. The van der Waals surface area contributed by atoms with E-state index in [1.54, 1.807) is 13.1 Å². The van der Waals surface area contributed by atoms with E-state index in [-0.39, 0.29) is 0 Å². The van der Waals surface area contributed by atoms with Crippen molar-refractivity contribution in [1.29, 1.82) is 0 Å². The maximum absolute atomic E-state index is 9.25. The molecule has 0 fully saturated rings. The van der Waals surface area contributed by atoms with Crippen LogP contribution in [0, 0.1) is 13.8 Å². The number of phenols is 1. The Morgan fingerprint density at radius 1 is 1.36 bits per heavy atom. The van der Waals surface area contributed by atoms with Crippen LogP contribution in [0.3, 0.4) is 0 Å². The lowest BCUT2D eigenvalue weighted by molar-refractivity contribution is 0.474. The van der Waals surface area contributed by atoms with E-state index in [1.165, 1.54) is 16.7 Å². The molecule has 0 aliphatic rings. The van der Waals surface area contributed by atoms with Crippen molar-refractivity contribution in [2.75, 3.05) is 7.05 Å². The maximum Gasteiger partial charge on any atom is 0.116 e. The molecule has 0 spiro atoms. The van der Waals surface area contributed by atoms with E-state index in [0.29, 0.717) is 5.75 Å². The van der Waals surface area contributed by atoms with Crippen molar-refractivity contribution < 1.29 is 5.11 Å². The van der Waals surface area contributed by atoms with Gasteiger partial charge in [0.2, 0.25) is 0 Å². The SMILES string of the molecule is C=NC.CCc1cc(O)cc(C)c1C. The van der Waals surface area contributed by atoms with Gasteiger partial charge in [-0.25, -0.2) is 0 Å². The van der Waals surface area contributed by atoms with E-state index in [1.807, 2.05) is 13.0 Å². The Morgan fingerprint density at radius 2 is 1.86 bits per heavy atom. The zero-order chi connectivity index (χ0) is 11.1. The average Bonchev–Trinajstić information content (AvgIpc) is 2.12. The van der Waals surface area contributed by atoms with Crippen LogP contribution in [-0.2, 0) is 6.42 Å². The van der Waals surface area contributed by atoms with Crippen LogP contribution in [0.15, 0.2) is 17.1 Å². The van der Waals surface area contributed by atoms with Crippen LogP contribution in [0.5, 0.6) is 5.75 Å². The maximum atomic E-state index is 9.25. The van der Waals surface area contributed by atoms with E-state index in [9.17, 15) is 5.11 Å². The van der Waals surface area contributed by atoms with Gasteiger partial charge < -0.3 is 10.1 Å². The predicted molar refractivity (Wildman–Crippen MR) is 62.4 cm³/mol. The molecule has 78 valence electrons. The van der Waals surface area contributed by atoms with Crippen molar-refractivity contribution in [2.24, 2.45) is 4.99 Å². The summed E-state index contributed by atoms with van der Waals surface area (Å²) in [5.74, 6) is 0.380. The molecule has 14 heavy (non-hydrogen) atoms. The highest BCUT2D eigenvalue weighted by Crippen LogP contribution is 2.20. The van der Waals surface area contributed by atoms with Crippen molar-refractivity contribution in [2.45, 2.75) is 27.2 Å². The van der Waals surface area contributed by atoms with Gasteiger partial charge in [-0.1, -0.05) is 6.92 Å². The zero-order valence-corrected chi connectivity index (χ0v) is 9.46. The molecule has 0 atom stereocenters. The number of rotatable bonds is 1. The lowest BCUT2D eigenvalue weighted by atomic mass is 10.0. The second-order valence-electron chi connectivity index (χ2n) is 3.22. The quantitative estimate of drug-likeness (QED) is 0.683. The molecule has 0 amide bonds. The van der Waals surface area contributed by atoms with Crippen LogP contribution in [-0.4, -0.2) is 18.9 Å². The number of benzene rings is 1. The first-order chi connectivity index (χ1) is 6.56. The summed E-state index contributed by atoms with van der Waals surface area (Å²) in [6.45, 7) is 9.32.